The van der Waals surface area contributed by atoms with Gasteiger partial charge >= 0.3 is 11.7 Å². The Bertz CT molecular complexity index is 750. The van der Waals surface area contributed by atoms with Crippen molar-refractivity contribution in [3.8, 4) is 0 Å². The lowest BCUT2D eigenvalue weighted by atomic mass is 10.1. The zero-order valence-corrected chi connectivity index (χ0v) is 14.5. The maximum absolute atomic E-state index is 11.9. The van der Waals surface area contributed by atoms with Gasteiger partial charge in [0.05, 0.1) is 12.3 Å². The number of carbonyl (C=O) groups excluding carboxylic acids is 1. The van der Waals surface area contributed by atoms with E-state index >= 15 is 0 Å². The normalized spacial score (nSPS) is 12.4. The maximum Gasteiger partial charge on any atom is 0.356 e. The minimum absolute atomic E-state index is 0.188. The van der Waals surface area contributed by atoms with Gasteiger partial charge in [0.1, 0.15) is 5.69 Å². The largest absolute Gasteiger partial charge is 0.461 e. The molecular weight excluding hydrogens is 308 g/mol. The topological polar surface area (TPSA) is 91.1 Å². The van der Waals surface area contributed by atoms with Crippen molar-refractivity contribution in [2.24, 2.45) is 0 Å². The third-order valence-electron chi connectivity index (χ3n) is 3.92. The summed E-state index contributed by atoms with van der Waals surface area (Å²) in [6, 6.07) is 4.22. The van der Waals surface area contributed by atoms with Crippen molar-refractivity contribution in [2.75, 3.05) is 13.7 Å². The van der Waals surface area contributed by atoms with Crippen molar-refractivity contribution in [1.29, 1.82) is 0 Å². The van der Waals surface area contributed by atoms with Gasteiger partial charge in [0, 0.05) is 30.9 Å². The van der Waals surface area contributed by atoms with Crippen LogP contribution in [0.5, 0.6) is 0 Å². The van der Waals surface area contributed by atoms with Gasteiger partial charge in [-0.3, -0.25) is 14.9 Å². The van der Waals surface area contributed by atoms with Gasteiger partial charge in [-0.15, -0.1) is 0 Å². The second-order valence-electron chi connectivity index (χ2n) is 5.95. The summed E-state index contributed by atoms with van der Waals surface area (Å²) in [6.07, 6.45) is 2.58. The number of nitrogens with zero attached hydrogens (tertiary/aromatic N) is 2. The Morgan fingerprint density at radius 2 is 2.17 bits per heavy atom. The molecule has 0 spiro atoms. The smallest absolute Gasteiger partial charge is 0.356 e. The molecular formula is C17H24N4O3. The second kappa shape index (κ2) is 7.92. The first kappa shape index (κ1) is 17.9. The third-order valence-corrected chi connectivity index (χ3v) is 3.92. The molecule has 0 unspecified atom stereocenters. The minimum atomic E-state index is -0.521. The molecule has 2 rings (SSSR count). The first-order valence-corrected chi connectivity index (χ1v) is 8.00. The molecule has 7 nitrogen and oxygen atoms in total. The van der Waals surface area contributed by atoms with E-state index in [1.807, 2.05) is 20.0 Å². The highest BCUT2D eigenvalue weighted by Crippen LogP contribution is 2.12. The lowest BCUT2D eigenvalue weighted by Gasteiger charge is -2.24. The second-order valence-corrected chi connectivity index (χ2v) is 5.95. The number of aromatic amines is 2. The van der Waals surface area contributed by atoms with E-state index in [0.717, 1.165) is 12.1 Å². The summed E-state index contributed by atoms with van der Waals surface area (Å²) in [4.78, 5) is 35.1. The van der Waals surface area contributed by atoms with E-state index in [1.165, 1.54) is 5.56 Å². The van der Waals surface area contributed by atoms with Crippen LogP contribution in [-0.2, 0) is 17.7 Å². The molecule has 24 heavy (non-hydrogen) atoms. The molecule has 0 radical (unpaired) electrons. The molecule has 2 aromatic rings. The van der Waals surface area contributed by atoms with Crippen molar-refractivity contribution in [2.45, 2.75) is 39.8 Å². The number of imidazole rings is 1. The lowest BCUT2D eigenvalue weighted by Crippen LogP contribution is -2.31. The molecule has 0 aromatic carbocycles. The van der Waals surface area contributed by atoms with Crippen LogP contribution >= 0.6 is 0 Å². The highest BCUT2D eigenvalue weighted by Gasteiger charge is 2.20. The van der Waals surface area contributed by atoms with Crippen LogP contribution in [0.15, 0.2) is 23.1 Å². The number of hydrogen-bond donors (Lipinski definition) is 2. The first-order valence-electron chi connectivity index (χ1n) is 8.00. The maximum atomic E-state index is 11.9. The Morgan fingerprint density at radius 1 is 1.42 bits per heavy atom. The lowest BCUT2D eigenvalue weighted by molar-refractivity contribution is 0.0517. The number of ether oxygens (including phenoxy) is 1. The number of hydrogen-bond acceptors (Lipinski definition) is 5. The fraction of sp³-hybridized carbons (Fsp3) is 0.471. The van der Waals surface area contributed by atoms with E-state index in [2.05, 4.69) is 32.8 Å². The molecule has 0 aliphatic carbocycles. The molecule has 7 heteroatoms. The highest BCUT2D eigenvalue weighted by molar-refractivity contribution is 5.88. The molecule has 0 bridgehead atoms. The Morgan fingerprint density at radius 3 is 2.83 bits per heavy atom. The summed E-state index contributed by atoms with van der Waals surface area (Å²) in [6.45, 7) is 6.54. The van der Waals surface area contributed by atoms with Crippen molar-refractivity contribution in [3.63, 3.8) is 0 Å². The van der Waals surface area contributed by atoms with Crippen LogP contribution in [0.4, 0.5) is 0 Å². The average molecular weight is 332 g/mol. The van der Waals surface area contributed by atoms with Crippen LogP contribution in [0.3, 0.4) is 0 Å². The van der Waals surface area contributed by atoms with Crippen molar-refractivity contribution in [3.05, 3.63) is 51.5 Å². The number of rotatable bonds is 7. The molecule has 1 atom stereocenters. The van der Waals surface area contributed by atoms with E-state index in [0.29, 0.717) is 12.2 Å². The summed E-state index contributed by atoms with van der Waals surface area (Å²) >= 11 is 0. The molecule has 0 aliphatic rings. The van der Waals surface area contributed by atoms with Gasteiger partial charge in [-0.2, -0.15) is 0 Å². The zero-order chi connectivity index (χ0) is 17.7. The molecule has 0 amide bonds. The Hall–Kier alpha value is -2.41. The van der Waals surface area contributed by atoms with E-state index in [4.69, 9.17) is 4.74 Å². The van der Waals surface area contributed by atoms with Crippen molar-refractivity contribution >= 4 is 5.97 Å². The van der Waals surface area contributed by atoms with Crippen molar-refractivity contribution < 1.29 is 9.53 Å². The van der Waals surface area contributed by atoms with Gasteiger partial charge in [-0.25, -0.2) is 9.59 Å². The molecule has 0 saturated carbocycles. The summed E-state index contributed by atoms with van der Waals surface area (Å²) < 4.78 is 4.98. The Labute approximate surface area is 141 Å². The minimum Gasteiger partial charge on any atom is -0.461 e. The van der Waals surface area contributed by atoms with Crippen LogP contribution in [0, 0.1) is 6.92 Å². The van der Waals surface area contributed by atoms with Gasteiger partial charge in [0.2, 0.25) is 0 Å². The molecule has 0 saturated heterocycles. The van der Waals surface area contributed by atoms with Gasteiger partial charge in [-0.1, -0.05) is 0 Å². The molecule has 2 aromatic heterocycles. The predicted octanol–water partition coefficient (Wildman–Crippen LogP) is 1.65. The van der Waals surface area contributed by atoms with Gasteiger partial charge in [0.25, 0.3) is 0 Å². The average Bonchev–Trinajstić information content (AvgIpc) is 2.88. The molecule has 130 valence electrons. The van der Waals surface area contributed by atoms with Crippen LogP contribution in [0.25, 0.3) is 0 Å². The first-order chi connectivity index (χ1) is 11.4. The number of pyridine rings is 1. The molecule has 0 aliphatic heterocycles. The number of aromatic nitrogens is 3. The molecule has 0 fully saturated rings. The van der Waals surface area contributed by atoms with E-state index in [1.54, 1.807) is 13.1 Å². The fourth-order valence-corrected chi connectivity index (χ4v) is 2.49. The monoisotopic (exact) mass is 332 g/mol. The quantitative estimate of drug-likeness (QED) is 0.752. The summed E-state index contributed by atoms with van der Waals surface area (Å²) in [5.41, 5.74) is 2.51. The van der Waals surface area contributed by atoms with E-state index in [9.17, 15) is 9.59 Å². The zero-order valence-electron chi connectivity index (χ0n) is 14.5. The molecule has 2 N–H and O–H groups in total. The number of carbonyl (C=O) groups is 1. The van der Waals surface area contributed by atoms with Crippen LogP contribution in [0.2, 0.25) is 0 Å². The van der Waals surface area contributed by atoms with Crippen LogP contribution < -0.4 is 5.69 Å². The number of aryl methyl sites for hydroxylation is 1. The predicted molar refractivity (Wildman–Crippen MR) is 91.0 cm³/mol. The van der Waals surface area contributed by atoms with Gasteiger partial charge in [0.15, 0.2) is 0 Å². The third kappa shape index (κ3) is 4.55. The number of esters is 1. The highest BCUT2D eigenvalue weighted by atomic mass is 16.5. The fourth-order valence-electron chi connectivity index (χ4n) is 2.49. The Kier molecular flexibility index (Phi) is 5.92. The standard InChI is InChI=1S/C17H24N4O3/c1-5-24-16(22)15-14(19-17(23)20-15)10-21(4)12(3)9-13-8-11(2)6-7-18-13/h6-8,12H,5,9-10H2,1-4H3,(H2,19,20,23)/t12-/m1/s1. The van der Waals surface area contributed by atoms with Crippen LogP contribution in [0.1, 0.15) is 41.3 Å². The van der Waals surface area contributed by atoms with Gasteiger partial charge < -0.3 is 9.72 Å². The summed E-state index contributed by atoms with van der Waals surface area (Å²) in [5.74, 6) is -0.521. The summed E-state index contributed by atoms with van der Waals surface area (Å²) in [5, 5.41) is 0. The van der Waals surface area contributed by atoms with E-state index in [-0.39, 0.29) is 18.3 Å². The molecule has 2 heterocycles. The Balaban J connectivity index is 2.07. The number of H-pyrrole nitrogens is 2. The summed E-state index contributed by atoms with van der Waals surface area (Å²) in [7, 11) is 1.95. The van der Waals surface area contributed by atoms with Crippen LogP contribution in [-0.4, -0.2) is 45.5 Å². The SMILES string of the molecule is CCOC(=O)c1[nH]c(=O)[nH]c1CN(C)[C@H](C)Cc1cc(C)ccn1. The number of nitrogens with one attached hydrogen (secondary N) is 2. The number of likely N-dealkylation sites (N-methyl/N-ethyl adjacent to an activating group) is 1. The van der Waals surface area contributed by atoms with E-state index < -0.39 is 11.7 Å². The van der Waals surface area contributed by atoms with Gasteiger partial charge in [-0.05, 0) is 45.5 Å². The van der Waals surface area contributed by atoms with Crippen molar-refractivity contribution in [1.82, 2.24) is 19.9 Å².